The number of hydrogen-bond acceptors (Lipinski definition) is 10. The quantitative estimate of drug-likeness (QED) is 0.195. The number of ether oxygens (including phenoxy) is 2. The second-order valence-electron chi connectivity index (χ2n) is 7.74. The molecule has 4 atom stereocenters. The van der Waals surface area contributed by atoms with Crippen LogP contribution in [0.15, 0.2) is 0 Å². The zero-order valence-electron chi connectivity index (χ0n) is 19.6. The molecule has 1 aliphatic heterocycles. The van der Waals surface area contributed by atoms with E-state index >= 15 is 0 Å². The van der Waals surface area contributed by atoms with Crippen molar-refractivity contribution < 1.29 is 48.5 Å². The highest BCUT2D eigenvalue weighted by molar-refractivity contribution is 5.96. The van der Waals surface area contributed by atoms with Crippen molar-refractivity contribution in [3.05, 3.63) is 0 Å². The van der Waals surface area contributed by atoms with E-state index in [9.17, 15) is 39.0 Å². The SMILES string of the molecule is CC(=O)C[C@@H]1NC(=O)N[C@@H](C(C)O)C(=O)NCCOCCOCC(=O)N[C@@H](CO)C(=O)CNC1=O. The van der Waals surface area contributed by atoms with Crippen molar-refractivity contribution in [3.8, 4) is 0 Å². The summed E-state index contributed by atoms with van der Waals surface area (Å²) < 4.78 is 10.4. The van der Waals surface area contributed by atoms with Gasteiger partial charge >= 0.3 is 6.03 Å². The summed E-state index contributed by atoms with van der Waals surface area (Å²) in [6.07, 6.45) is -1.72. The van der Waals surface area contributed by atoms with Gasteiger partial charge in [0.05, 0.1) is 39.1 Å². The average molecular weight is 504 g/mol. The summed E-state index contributed by atoms with van der Waals surface area (Å²) in [7, 11) is 0. The molecule has 35 heavy (non-hydrogen) atoms. The molecule has 5 amide bonds. The lowest BCUT2D eigenvalue weighted by molar-refractivity contribution is -0.132. The fraction of sp³-hybridized carbons (Fsp3) is 0.700. The number of rotatable bonds is 4. The molecule has 0 spiro atoms. The van der Waals surface area contributed by atoms with Crippen molar-refractivity contribution >= 4 is 35.3 Å². The van der Waals surface area contributed by atoms with Gasteiger partial charge in [0.2, 0.25) is 17.7 Å². The largest absolute Gasteiger partial charge is 0.394 e. The molecule has 198 valence electrons. The van der Waals surface area contributed by atoms with Crippen molar-refractivity contribution in [1.29, 1.82) is 0 Å². The predicted octanol–water partition coefficient (Wildman–Crippen LogP) is -4.29. The van der Waals surface area contributed by atoms with Gasteiger partial charge in [0.15, 0.2) is 5.78 Å². The van der Waals surface area contributed by atoms with E-state index in [1.807, 2.05) is 0 Å². The summed E-state index contributed by atoms with van der Waals surface area (Å²) >= 11 is 0. The lowest BCUT2D eigenvalue weighted by atomic mass is 10.1. The number of nitrogens with one attached hydrogen (secondary N) is 5. The van der Waals surface area contributed by atoms with Crippen LogP contribution in [-0.4, -0.2) is 116 Å². The third-order valence-corrected chi connectivity index (χ3v) is 4.66. The molecule has 1 aliphatic rings. The minimum atomic E-state index is -1.41. The second-order valence-corrected chi connectivity index (χ2v) is 7.74. The first-order chi connectivity index (χ1) is 16.5. The van der Waals surface area contributed by atoms with E-state index in [0.29, 0.717) is 0 Å². The summed E-state index contributed by atoms with van der Waals surface area (Å²) in [5.74, 6) is -3.48. The van der Waals surface area contributed by atoms with Gasteiger partial charge in [0, 0.05) is 13.0 Å². The molecule has 15 nitrogen and oxygen atoms in total. The predicted molar refractivity (Wildman–Crippen MR) is 118 cm³/mol. The van der Waals surface area contributed by atoms with E-state index < -0.39 is 85.7 Å². The molecule has 7 N–H and O–H groups in total. The van der Waals surface area contributed by atoms with Gasteiger partial charge in [0.1, 0.15) is 30.5 Å². The highest BCUT2D eigenvalue weighted by Crippen LogP contribution is 1.98. The Bertz CT molecular complexity index is 775. The minimum Gasteiger partial charge on any atom is -0.394 e. The summed E-state index contributed by atoms with van der Waals surface area (Å²) in [6.45, 7) is 0.940. The van der Waals surface area contributed by atoms with Gasteiger partial charge in [0.25, 0.3) is 0 Å². The van der Waals surface area contributed by atoms with Gasteiger partial charge in [-0.1, -0.05) is 0 Å². The molecule has 0 bridgehead atoms. The zero-order valence-corrected chi connectivity index (χ0v) is 19.6. The summed E-state index contributed by atoms with van der Waals surface area (Å²) in [5.41, 5.74) is 0. The van der Waals surface area contributed by atoms with Crippen LogP contribution in [0.3, 0.4) is 0 Å². The van der Waals surface area contributed by atoms with Crippen LogP contribution in [0, 0.1) is 0 Å². The molecule has 0 radical (unpaired) electrons. The number of urea groups is 1. The summed E-state index contributed by atoms with van der Waals surface area (Å²) in [6, 6.07) is -5.12. The fourth-order valence-electron chi connectivity index (χ4n) is 2.87. The number of amides is 5. The van der Waals surface area contributed by atoms with Gasteiger partial charge in [-0.05, 0) is 13.8 Å². The minimum absolute atomic E-state index is 0.0325. The molecule has 0 saturated carbocycles. The smallest absolute Gasteiger partial charge is 0.316 e. The molecule has 0 aliphatic carbocycles. The van der Waals surface area contributed by atoms with E-state index in [4.69, 9.17) is 9.47 Å². The van der Waals surface area contributed by atoms with Crippen molar-refractivity contribution in [2.45, 2.75) is 44.5 Å². The van der Waals surface area contributed by atoms with Crippen LogP contribution < -0.4 is 26.6 Å². The highest BCUT2D eigenvalue weighted by Gasteiger charge is 2.29. The van der Waals surface area contributed by atoms with E-state index in [-0.39, 0.29) is 26.4 Å². The molecule has 1 fully saturated rings. The van der Waals surface area contributed by atoms with E-state index in [1.165, 1.54) is 13.8 Å². The molecule has 1 heterocycles. The molecule has 0 aromatic carbocycles. The van der Waals surface area contributed by atoms with E-state index in [1.54, 1.807) is 0 Å². The van der Waals surface area contributed by atoms with Crippen molar-refractivity contribution in [1.82, 2.24) is 26.6 Å². The van der Waals surface area contributed by atoms with Gasteiger partial charge in [-0.2, -0.15) is 0 Å². The van der Waals surface area contributed by atoms with Crippen LogP contribution in [-0.2, 0) is 33.4 Å². The molecule has 0 aromatic rings. The average Bonchev–Trinajstić information content (AvgIpc) is 2.79. The number of ketones is 2. The summed E-state index contributed by atoms with van der Waals surface area (Å²) in [5, 5.41) is 30.8. The molecular weight excluding hydrogens is 470 g/mol. The molecule has 1 unspecified atom stereocenters. The van der Waals surface area contributed by atoms with Crippen LogP contribution in [0.5, 0.6) is 0 Å². The number of carbonyl (C=O) groups excluding carboxylic acids is 6. The Kier molecular flexibility index (Phi) is 13.4. The van der Waals surface area contributed by atoms with Crippen molar-refractivity contribution in [2.24, 2.45) is 0 Å². The fourth-order valence-corrected chi connectivity index (χ4v) is 2.87. The van der Waals surface area contributed by atoms with Crippen LogP contribution in [0.25, 0.3) is 0 Å². The van der Waals surface area contributed by atoms with Crippen LogP contribution >= 0.6 is 0 Å². The molecule has 1 rings (SSSR count). The first-order valence-corrected chi connectivity index (χ1v) is 10.9. The highest BCUT2D eigenvalue weighted by atomic mass is 16.5. The van der Waals surface area contributed by atoms with Crippen LogP contribution in [0.4, 0.5) is 4.79 Å². The standard InChI is InChI=1S/C20H33N5O10/c1-11(27)7-13-18(31)22-8-15(29)14(9-26)23-16(30)10-35-6-5-34-4-3-21-19(32)17(12(2)28)25-20(33)24-13/h12-14,17,26,28H,3-10H2,1-2H3,(H,21,32)(H,22,31)(H,23,30)(H2,24,25,33)/t12?,13-,14-,17-/m0/s1. The third-order valence-electron chi connectivity index (χ3n) is 4.66. The molecule has 1 saturated heterocycles. The van der Waals surface area contributed by atoms with E-state index in [2.05, 4.69) is 26.6 Å². The van der Waals surface area contributed by atoms with E-state index in [0.717, 1.165) is 0 Å². The lowest BCUT2D eigenvalue weighted by Crippen LogP contribution is -2.58. The summed E-state index contributed by atoms with van der Waals surface area (Å²) in [4.78, 5) is 73.1. The number of carbonyl (C=O) groups is 6. The number of aliphatic hydroxyl groups excluding tert-OH is 2. The lowest BCUT2D eigenvalue weighted by Gasteiger charge is -2.23. The topological polar surface area (TPSA) is 221 Å². The Labute approximate surface area is 201 Å². The van der Waals surface area contributed by atoms with Gasteiger partial charge in [-0.15, -0.1) is 0 Å². The Morgan fingerprint density at radius 3 is 2.29 bits per heavy atom. The Balaban J connectivity index is 2.99. The van der Waals surface area contributed by atoms with Crippen molar-refractivity contribution in [2.75, 3.05) is 46.1 Å². The monoisotopic (exact) mass is 503 g/mol. The Morgan fingerprint density at radius 2 is 1.66 bits per heavy atom. The molecule has 0 aromatic heterocycles. The molecule has 15 heteroatoms. The Morgan fingerprint density at radius 1 is 0.971 bits per heavy atom. The second kappa shape index (κ2) is 15.7. The molecular formula is C20H33N5O10. The van der Waals surface area contributed by atoms with Gasteiger partial charge in [-0.25, -0.2) is 4.79 Å². The van der Waals surface area contributed by atoms with Crippen molar-refractivity contribution in [3.63, 3.8) is 0 Å². The maximum absolute atomic E-state index is 12.5. The van der Waals surface area contributed by atoms with Crippen LogP contribution in [0.1, 0.15) is 20.3 Å². The van der Waals surface area contributed by atoms with Gasteiger partial charge < -0.3 is 46.3 Å². The third kappa shape index (κ3) is 11.7. The number of Topliss-reactive ketones (excluding diaryl/α,β-unsaturated/α-hetero) is 2. The maximum Gasteiger partial charge on any atom is 0.316 e. The first kappa shape index (κ1) is 29.9. The maximum atomic E-state index is 12.5. The van der Waals surface area contributed by atoms with Crippen LogP contribution in [0.2, 0.25) is 0 Å². The van der Waals surface area contributed by atoms with Gasteiger partial charge in [-0.3, -0.25) is 24.0 Å². The normalized spacial score (nSPS) is 25.6. The Hall–Kier alpha value is -3.14. The first-order valence-electron chi connectivity index (χ1n) is 10.9. The zero-order chi connectivity index (χ0) is 26.4. The number of hydrogen-bond donors (Lipinski definition) is 7. The number of aliphatic hydroxyl groups is 2.